The van der Waals surface area contributed by atoms with Crippen molar-refractivity contribution in [2.24, 2.45) is 0 Å². The number of para-hydroxylation sites is 1. The lowest BCUT2D eigenvalue weighted by Gasteiger charge is -2.14. The van der Waals surface area contributed by atoms with E-state index in [0.29, 0.717) is 39.4 Å². The molecule has 0 radical (unpaired) electrons. The fourth-order valence-corrected chi connectivity index (χ4v) is 3.98. The van der Waals surface area contributed by atoms with Crippen molar-refractivity contribution in [2.45, 2.75) is 13.5 Å². The molecule has 4 amide bonds. The molecule has 3 aromatic rings. The number of imide groups is 1. The highest BCUT2D eigenvalue weighted by Gasteiger charge is 2.33. The lowest BCUT2D eigenvalue weighted by molar-refractivity contribution is -0.123. The third-order valence-electron chi connectivity index (χ3n) is 5.30. The number of urea groups is 1. The fraction of sp³-hybridized carbons (Fsp3) is 0.148. The summed E-state index contributed by atoms with van der Waals surface area (Å²) in [7, 11) is 0. The van der Waals surface area contributed by atoms with E-state index in [-0.39, 0.29) is 24.8 Å². The van der Waals surface area contributed by atoms with Crippen LogP contribution in [0.3, 0.4) is 0 Å². The van der Waals surface area contributed by atoms with Crippen LogP contribution in [0.4, 0.5) is 14.9 Å². The fourth-order valence-electron chi connectivity index (χ4n) is 3.55. The molecule has 10 heteroatoms. The Morgan fingerprint density at radius 1 is 1.05 bits per heavy atom. The summed E-state index contributed by atoms with van der Waals surface area (Å²) in [5.41, 5.74) is 1.90. The maximum absolute atomic E-state index is 13.2. The molecule has 0 unspecified atom stereocenters. The number of carbonyl (C=O) groups excluding carboxylic acids is 3. The quantitative estimate of drug-likeness (QED) is 0.277. The average Bonchev–Trinajstić information content (AvgIpc) is 3.14. The first-order valence-corrected chi connectivity index (χ1v) is 12.2. The molecule has 190 valence electrons. The molecule has 1 aliphatic rings. The van der Waals surface area contributed by atoms with Crippen LogP contribution in [0.15, 0.2) is 76.9 Å². The summed E-state index contributed by atoms with van der Waals surface area (Å²) in [6.07, 6.45) is 1.52. The molecule has 0 bridgehead atoms. The molecule has 8 nitrogen and oxygen atoms in total. The molecule has 2 N–H and O–H groups in total. The molecule has 0 saturated carbocycles. The smallest absolute Gasteiger partial charge is 0.329 e. The second-order valence-electron chi connectivity index (χ2n) is 7.96. The van der Waals surface area contributed by atoms with Crippen LogP contribution in [-0.4, -0.2) is 36.0 Å². The lowest BCUT2D eigenvalue weighted by Crippen LogP contribution is -2.30. The predicted octanol–water partition coefficient (Wildman–Crippen LogP) is 5.10. The van der Waals surface area contributed by atoms with Crippen LogP contribution in [-0.2, 0) is 16.1 Å². The molecule has 1 fully saturated rings. The minimum absolute atomic E-state index is 0.00543. The second kappa shape index (κ2) is 11.7. The number of nitrogens with zero attached hydrogens (tertiary/aromatic N) is 1. The van der Waals surface area contributed by atoms with Gasteiger partial charge in [-0.2, -0.15) is 0 Å². The number of ether oxygens (including phenoxy) is 2. The summed E-state index contributed by atoms with van der Waals surface area (Å²) in [5, 5.41) is 5.31. The minimum Gasteiger partial charge on any atom is -0.490 e. The Kier molecular flexibility index (Phi) is 8.19. The zero-order chi connectivity index (χ0) is 26.4. The molecular formula is C27H23BrFN3O5. The molecule has 1 heterocycles. The summed E-state index contributed by atoms with van der Waals surface area (Å²) in [6, 6.07) is 17.3. The lowest BCUT2D eigenvalue weighted by atomic mass is 10.1. The maximum atomic E-state index is 13.2. The summed E-state index contributed by atoms with van der Waals surface area (Å²) in [5.74, 6) is -0.557. The van der Waals surface area contributed by atoms with E-state index in [4.69, 9.17) is 9.47 Å². The Balaban J connectivity index is 1.49. The van der Waals surface area contributed by atoms with Crippen molar-refractivity contribution in [3.8, 4) is 11.5 Å². The van der Waals surface area contributed by atoms with Crippen molar-refractivity contribution < 1.29 is 28.2 Å². The monoisotopic (exact) mass is 567 g/mol. The minimum atomic E-state index is -0.578. The van der Waals surface area contributed by atoms with Crippen molar-refractivity contribution in [3.63, 3.8) is 0 Å². The van der Waals surface area contributed by atoms with Crippen LogP contribution in [0.25, 0.3) is 6.08 Å². The van der Waals surface area contributed by atoms with E-state index in [1.54, 1.807) is 31.2 Å². The van der Waals surface area contributed by atoms with Crippen LogP contribution >= 0.6 is 15.9 Å². The van der Waals surface area contributed by atoms with Gasteiger partial charge in [-0.1, -0.05) is 46.3 Å². The number of carbonyl (C=O) groups is 3. The van der Waals surface area contributed by atoms with Crippen molar-refractivity contribution in [3.05, 3.63) is 93.8 Å². The third-order valence-corrected chi connectivity index (χ3v) is 5.98. The van der Waals surface area contributed by atoms with Gasteiger partial charge in [0.15, 0.2) is 18.1 Å². The summed E-state index contributed by atoms with van der Waals surface area (Å²) in [6.45, 7) is 1.91. The van der Waals surface area contributed by atoms with E-state index in [9.17, 15) is 18.8 Å². The highest BCUT2D eigenvalue weighted by molar-refractivity contribution is 9.10. The largest absolute Gasteiger partial charge is 0.490 e. The van der Waals surface area contributed by atoms with Gasteiger partial charge in [0, 0.05) is 10.2 Å². The molecule has 1 aliphatic heterocycles. The van der Waals surface area contributed by atoms with Crippen LogP contribution in [0.2, 0.25) is 0 Å². The highest BCUT2D eigenvalue weighted by Crippen LogP contribution is 2.35. The number of nitrogens with one attached hydrogen (secondary N) is 2. The number of hydrogen-bond acceptors (Lipinski definition) is 5. The number of anilines is 1. The van der Waals surface area contributed by atoms with Gasteiger partial charge in [-0.25, -0.2) is 9.18 Å². The summed E-state index contributed by atoms with van der Waals surface area (Å²) in [4.78, 5) is 38.6. The topological polar surface area (TPSA) is 97.0 Å². The first-order chi connectivity index (χ1) is 17.8. The molecule has 0 aliphatic carbocycles. The zero-order valence-corrected chi connectivity index (χ0v) is 21.4. The van der Waals surface area contributed by atoms with Gasteiger partial charge in [-0.05, 0) is 60.5 Å². The molecule has 1 saturated heterocycles. The third kappa shape index (κ3) is 6.53. The van der Waals surface area contributed by atoms with Crippen molar-refractivity contribution in [1.82, 2.24) is 10.2 Å². The summed E-state index contributed by atoms with van der Waals surface area (Å²) >= 11 is 3.46. The molecule has 0 aromatic heterocycles. The Morgan fingerprint density at radius 2 is 1.76 bits per heavy atom. The first-order valence-electron chi connectivity index (χ1n) is 11.4. The Labute approximate surface area is 221 Å². The predicted molar refractivity (Wildman–Crippen MR) is 139 cm³/mol. The second-order valence-corrected chi connectivity index (χ2v) is 8.82. The van der Waals surface area contributed by atoms with Gasteiger partial charge in [-0.3, -0.25) is 14.5 Å². The van der Waals surface area contributed by atoms with Crippen molar-refractivity contribution in [1.29, 1.82) is 0 Å². The highest BCUT2D eigenvalue weighted by atomic mass is 79.9. The van der Waals surface area contributed by atoms with Crippen LogP contribution in [0.5, 0.6) is 11.5 Å². The maximum Gasteiger partial charge on any atom is 0.329 e. The van der Waals surface area contributed by atoms with E-state index in [1.165, 1.54) is 30.3 Å². The molecule has 3 aromatic carbocycles. The Hall–Kier alpha value is -4.18. The molecule has 37 heavy (non-hydrogen) atoms. The summed E-state index contributed by atoms with van der Waals surface area (Å²) < 4.78 is 25.1. The molecule has 0 atom stereocenters. The van der Waals surface area contributed by atoms with E-state index >= 15 is 0 Å². The molecule has 4 rings (SSSR count). The Bertz CT molecular complexity index is 1350. The molecule has 0 spiro atoms. The van der Waals surface area contributed by atoms with Gasteiger partial charge in [0.05, 0.1) is 13.2 Å². The van der Waals surface area contributed by atoms with E-state index in [2.05, 4.69) is 26.6 Å². The van der Waals surface area contributed by atoms with Crippen molar-refractivity contribution >= 4 is 45.5 Å². The number of rotatable bonds is 9. The number of amides is 4. The number of benzene rings is 3. The SMILES string of the molecule is CCOc1cc(/C=C2/NC(=O)N(Cc3ccc(F)cc3)C2=O)c(Br)cc1OCC(=O)Nc1ccccc1. The van der Waals surface area contributed by atoms with Gasteiger partial charge in [0.2, 0.25) is 0 Å². The number of halogens is 2. The van der Waals surface area contributed by atoms with Crippen LogP contribution < -0.4 is 20.1 Å². The Morgan fingerprint density at radius 3 is 2.46 bits per heavy atom. The van der Waals surface area contributed by atoms with Crippen LogP contribution in [0.1, 0.15) is 18.1 Å². The van der Waals surface area contributed by atoms with Gasteiger partial charge >= 0.3 is 6.03 Å². The van der Waals surface area contributed by atoms with Gasteiger partial charge in [0.25, 0.3) is 11.8 Å². The normalized spacial score (nSPS) is 14.0. The number of hydrogen-bond donors (Lipinski definition) is 2. The van der Waals surface area contributed by atoms with E-state index < -0.39 is 17.8 Å². The van der Waals surface area contributed by atoms with Gasteiger partial charge in [-0.15, -0.1) is 0 Å². The van der Waals surface area contributed by atoms with E-state index in [0.717, 1.165) is 4.90 Å². The standard InChI is InChI=1S/C27H23BrFN3O5/c1-2-36-23-13-18(21(28)14-24(23)37-16-25(33)30-20-6-4-3-5-7-20)12-22-26(34)32(27(35)31-22)15-17-8-10-19(29)11-9-17/h3-14H,2,15-16H2,1H3,(H,30,33)(H,31,35)/b22-12+. The van der Waals surface area contributed by atoms with Crippen LogP contribution in [0, 0.1) is 5.82 Å². The van der Waals surface area contributed by atoms with Gasteiger partial charge in [0.1, 0.15) is 11.5 Å². The average molecular weight is 568 g/mol. The zero-order valence-electron chi connectivity index (χ0n) is 19.8. The van der Waals surface area contributed by atoms with Gasteiger partial charge < -0.3 is 20.1 Å². The van der Waals surface area contributed by atoms with E-state index in [1.807, 2.05) is 18.2 Å². The first kappa shape index (κ1) is 25.9. The van der Waals surface area contributed by atoms with Crippen molar-refractivity contribution in [2.75, 3.05) is 18.5 Å². The molecular weight excluding hydrogens is 545 g/mol.